The first-order chi connectivity index (χ1) is 9.29. The molecule has 0 bridgehead atoms. The van der Waals surface area contributed by atoms with Crippen molar-refractivity contribution in [3.8, 4) is 6.07 Å². The number of carbonyl (C=O) groups is 1. The van der Waals surface area contributed by atoms with Crippen molar-refractivity contribution in [2.75, 3.05) is 6.54 Å². The molecule has 0 saturated carbocycles. The van der Waals surface area contributed by atoms with Gasteiger partial charge in [0.1, 0.15) is 0 Å². The minimum absolute atomic E-state index is 0.145. The van der Waals surface area contributed by atoms with Crippen molar-refractivity contribution in [1.29, 1.82) is 5.26 Å². The number of nitrogens with one attached hydrogen (secondary N) is 2. The zero-order valence-corrected chi connectivity index (χ0v) is 10.4. The molecule has 0 fully saturated rings. The first kappa shape index (κ1) is 12.8. The van der Waals surface area contributed by atoms with Gasteiger partial charge in [0.25, 0.3) is 5.91 Å². The predicted octanol–water partition coefficient (Wildman–Crippen LogP) is 1.45. The molecule has 0 saturated heterocycles. The molecule has 2 aromatic heterocycles. The quantitative estimate of drug-likeness (QED) is 0.847. The zero-order chi connectivity index (χ0) is 13.5. The highest BCUT2D eigenvalue weighted by Gasteiger charge is 2.06. The summed E-state index contributed by atoms with van der Waals surface area (Å²) in [6, 6.07) is 9.20. The van der Waals surface area contributed by atoms with Gasteiger partial charge in [0.05, 0.1) is 18.2 Å². The highest BCUT2D eigenvalue weighted by Crippen LogP contribution is 2.02. The summed E-state index contributed by atoms with van der Waals surface area (Å²) in [5.74, 6) is -0.145. The first-order valence-electron chi connectivity index (χ1n) is 6.02. The number of aromatic nitrogens is 2. The van der Waals surface area contributed by atoms with Crippen LogP contribution in [0, 0.1) is 11.3 Å². The Morgan fingerprint density at radius 2 is 2.37 bits per heavy atom. The molecule has 0 radical (unpaired) electrons. The largest absolute Gasteiger partial charge is 0.365 e. The Hall–Kier alpha value is -2.61. The van der Waals surface area contributed by atoms with E-state index in [4.69, 9.17) is 5.26 Å². The highest BCUT2D eigenvalue weighted by molar-refractivity contribution is 5.94. The molecule has 0 aliphatic carbocycles. The third-order valence-electron chi connectivity index (χ3n) is 2.68. The monoisotopic (exact) mass is 254 g/mol. The van der Waals surface area contributed by atoms with Gasteiger partial charge < -0.3 is 10.3 Å². The Kier molecular flexibility index (Phi) is 4.29. The van der Waals surface area contributed by atoms with Gasteiger partial charge in [-0.3, -0.25) is 9.78 Å². The summed E-state index contributed by atoms with van der Waals surface area (Å²) < 4.78 is 0. The molecule has 0 aliphatic heterocycles. The van der Waals surface area contributed by atoms with E-state index in [1.807, 2.05) is 24.4 Å². The molecule has 0 spiro atoms. The Labute approximate surface area is 111 Å². The van der Waals surface area contributed by atoms with Gasteiger partial charge in [0.15, 0.2) is 0 Å². The molecule has 96 valence electrons. The minimum Gasteiger partial charge on any atom is -0.365 e. The molecule has 2 heterocycles. The summed E-state index contributed by atoms with van der Waals surface area (Å²) in [7, 11) is 0. The van der Waals surface area contributed by atoms with Crippen molar-refractivity contribution in [1.82, 2.24) is 15.3 Å². The SMILES string of the molecule is N#CCc1cc(C(=O)NCCc2ccc[nH]2)ccn1. The van der Waals surface area contributed by atoms with Gasteiger partial charge in [-0.05, 0) is 24.3 Å². The van der Waals surface area contributed by atoms with Gasteiger partial charge in [-0.25, -0.2) is 0 Å². The van der Waals surface area contributed by atoms with E-state index in [0.717, 1.165) is 12.1 Å². The van der Waals surface area contributed by atoms with Crippen molar-refractivity contribution >= 4 is 5.91 Å². The lowest BCUT2D eigenvalue weighted by molar-refractivity contribution is 0.0954. The average molecular weight is 254 g/mol. The maximum Gasteiger partial charge on any atom is 0.251 e. The number of carbonyl (C=O) groups excluding carboxylic acids is 1. The number of nitriles is 1. The van der Waals surface area contributed by atoms with Crippen molar-refractivity contribution in [3.05, 3.63) is 53.6 Å². The number of hydrogen-bond acceptors (Lipinski definition) is 3. The smallest absolute Gasteiger partial charge is 0.251 e. The molecule has 5 nitrogen and oxygen atoms in total. The van der Waals surface area contributed by atoms with E-state index in [1.54, 1.807) is 18.3 Å². The molecular weight excluding hydrogens is 240 g/mol. The number of H-pyrrole nitrogens is 1. The molecule has 2 aromatic rings. The van der Waals surface area contributed by atoms with Crippen molar-refractivity contribution in [2.45, 2.75) is 12.8 Å². The van der Waals surface area contributed by atoms with Gasteiger partial charge in [-0.1, -0.05) is 0 Å². The van der Waals surface area contributed by atoms with Crippen LogP contribution in [0.5, 0.6) is 0 Å². The van der Waals surface area contributed by atoms with Crippen LogP contribution < -0.4 is 5.32 Å². The topological polar surface area (TPSA) is 81.6 Å². The van der Waals surface area contributed by atoms with E-state index < -0.39 is 0 Å². The van der Waals surface area contributed by atoms with Gasteiger partial charge >= 0.3 is 0 Å². The fraction of sp³-hybridized carbons (Fsp3) is 0.214. The maximum absolute atomic E-state index is 11.9. The second-order valence-electron chi connectivity index (χ2n) is 4.07. The van der Waals surface area contributed by atoms with Gasteiger partial charge in [-0.15, -0.1) is 0 Å². The Balaban J connectivity index is 1.89. The normalized spacial score (nSPS) is 9.84. The second-order valence-corrected chi connectivity index (χ2v) is 4.07. The van der Waals surface area contributed by atoms with E-state index in [1.165, 1.54) is 0 Å². The lowest BCUT2D eigenvalue weighted by Crippen LogP contribution is -2.25. The van der Waals surface area contributed by atoms with Crippen LogP contribution in [0.15, 0.2) is 36.7 Å². The van der Waals surface area contributed by atoms with E-state index in [9.17, 15) is 4.79 Å². The van der Waals surface area contributed by atoms with Gasteiger partial charge in [0.2, 0.25) is 0 Å². The Bertz CT molecular complexity index is 584. The van der Waals surface area contributed by atoms with Crippen molar-refractivity contribution in [2.24, 2.45) is 0 Å². The number of nitrogens with zero attached hydrogens (tertiary/aromatic N) is 2. The third-order valence-corrected chi connectivity index (χ3v) is 2.68. The summed E-state index contributed by atoms with van der Waals surface area (Å²) in [5.41, 5.74) is 2.23. The van der Waals surface area contributed by atoms with Crippen LogP contribution in [-0.4, -0.2) is 22.4 Å². The summed E-state index contributed by atoms with van der Waals surface area (Å²) in [5, 5.41) is 11.4. The van der Waals surface area contributed by atoms with Crippen LogP contribution in [0.3, 0.4) is 0 Å². The lowest BCUT2D eigenvalue weighted by Gasteiger charge is -2.05. The molecule has 5 heteroatoms. The molecule has 19 heavy (non-hydrogen) atoms. The second kappa shape index (κ2) is 6.36. The van der Waals surface area contributed by atoms with E-state index in [2.05, 4.69) is 15.3 Å². The number of pyridine rings is 1. The lowest BCUT2D eigenvalue weighted by atomic mass is 10.2. The Morgan fingerprint density at radius 1 is 1.47 bits per heavy atom. The van der Waals surface area contributed by atoms with Crippen molar-refractivity contribution in [3.63, 3.8) is 0 Å². The highest BCUT2D eigenvalue weighted by atomic mass is 16.1. The summed E-state index contributed by atoms with van der Waals surface area (Å²) in [6.07, 6.45) is 4.37. The number of amides is 1. The average Bonchev–Trinajstić information content (AvgIpc) is 2.92. The molecule has 0 unspecified atom stereocenters. The van der Waals surface area contributed by atoms with E-state index in [-0.39, 0.29) is 12.3 Å². The predicted molar refractivity (Wildman–Crippen MR) is 70.4 cm³/mol. The van der Waals surface area contributed by atoms with Gasteiger partial charge in [-0.2, -0.15) is 5.26 Å². The molecule has 2 N–H and O–H groups in total. The van der Waals surface area contributed by atoms with Crippen LogP contribution in [-0.2, 0) is 12.8 Å². The number of hydrogen-bond donors (Lipinski definition) is 2. The molecule has 2 rings (SSSR count). The fourth-order valence-corrected chi connectivity index (χ4v) is 1.73. The fourth-order valence-electron chi connectivity index (χ4n) is 1.73. The molecule has 1 amide bonds. The number of rotatable bonds is 5. The first-order valence-corrected chi connectivity index (χ1v) is 6.02. The zero-order valence-electron chi connectivity index (χ0n) is 10.4. The standard InChI is InChI=1S/C14H14N4O/c15-6-3-13-10-11(4-8-17-13)14(19)18-9-5-12-2-1-7-16-12/h1-2,4,7-8,10,16H,3,5,9H2,(H,18,19). The van der Waals surface area contributed by atoms with Crippen molar-refractivity contribution < 1.29 is 4.79 Å². The van der Waals surface area contributed by atoms with Crippen LogP contribution >= 0.6 is 0 Å². The van der Waals surface area contributed by atoms with E-state index >= 15 is 0 Å². The van der Waals surface area contributed by atoms with Crippen LogP contribution in [0.1, 0.15) is 21.7 Å². The molecule has 0 atom stereocenters. The summed E-state index contributed by atoms with van der Waals surface area (Å²) >= 11 is 0. The minimum atomic E-state index is -0.145. The van der Waals surface area contributed by atoms with Gasteiger partial charge in [0, 0.05) is 36.6 Å². The van der Waals surface area contributed by atoms with Crippen LogP contribution in [0.4, 0.5) is 0 Å². The molecule has 0 aliphatic rings. The molecule has 0 aromatic carbocycles. The number of aromatic amines is 1. The van der Waals surface area contributed by atoms with Crippen LogP contribution in [0.25, 0.3) is 0 Å². The molecular formula is C14H14N4O. The Morgan fingerprint density at radius 3 is 3.11 bits per heavy atom. The van der Waals surface area contributed by atoms with E-state index in [0.29, 0.717) is 17.8 Å². The third kappa shape index (κ3) is 3.68. The maximum atomic E-state index is 11.9. The summed E-state index contributed by atoms with van der Waals surface area (Å²) in [4.78, 5) is 19.0. The van der Waals surface area contributed by atoms with Crippen LogP contribution in [0.2, 0.25) is 0 Å². The summed E-state index contributed by atoms with van der Waals surface area (Å²) in [6.45, 7) is 0.565.